The number of carboxylic acids is 1. The number of hydrogen-bond donors (Lipinski definition) is 4. The minimum atomic E-state index is -1.08. The van der Waals surface area contributed by atoms with Gasteiger partial charge in [-0.1, -0.05) is 30.3 Å². The third kappa shape index (κ3) is 5.81. The van der Waals surface area contributed by atoms with Crippen LogP contribution in [0.4, 0.5) is 0 Å². The zero-order chi connectivity index (χ0) is 15.0. The van der Waals surface area contributed by atoms with Crippen molar-refractivity contribution in [3.05, 3.63) is 35.9 Å². The van der Waals surface area contributed by atoms with Crippen LogP contribution < -0.4 is 16.8 Å². The highest BCUT2D eigenvalue weighted by Gasteiger charge is 2.22. The molecule has 0 fully saturated rings. The van der Waals surface area contributed by atoms with Gasteiger partial charge in [0, 0.05) is 6.04 Å². The maximum atomic E-state index is 11.8. The van der Waals surface area contributed by atoms with E-state index in [1.54, 1.807) is 0 Å². The molecule has 0 spiro atoms. The van der Waals surface area contributed by atoms with Gasteiger partial charge in [-0.05, 0) is 24.9 Å². The number of nitrogens with two attached hydrogens (primary N) is 2. The van der Waals surface area contributed by atoms with Crippen molar-refractivity contribution in [2.75, 3.05) is 6.54 Å². The van der Waals surface area contributed by atoms with E-state index in [-0.39, 0.29) is 24.8 Å². The van der Waals surface area contributed by atoms with E-state index in [1.807, 2.05) is 30.3 Å². The standard InChI is InChI=1S/C14H21N3O3/c15-7-6-11(16)9-12(14(19)20)17-13(18)8-10-4-2-1-3-5-10/h1-5,11-12H,6-9,15-16H2,(H,17,18)(H,19,20)/t11?,12-/m0/s1. The fraction of sp³-hybridized carbons (Fsp3) is 0.429. The quantitative estimate of drug-likeness (QED) is 0.528. The molecule has 0 saturated carbocycles. The van der Waals surface area contributed by atoms with Gasteiger partial charge in [0.1, 0.15) is 6.04 Å². The molecule has 1 aromatic carbocycles. The third-order valence-electron chi connectivity index (χ3n) is 2.92. The van der Waals surface area contributed by atoms with Crippen LogP contribution in [0.3, 0.4) is 0 Å². The van der Waals surface area contributed by atoms with Crippen molar-refractivity contribution in [1.29, 1.82) is 0 Å². The van der Waals surface area contributed by atoms with Gasteiger partial charge in [-0.2, -0.15) is 0 Å². The molecule has 0 aliphatic heterocycles. The predicted octanol–water partition coefficient (Wildman–Crippen LogP) is -0.135. The van der Waals surface area contributed by atoms with Crippen LogP contribution in [0.2, 0.25) is 0 Å². The maximum absolute atomic E-state index is 11.8. The zero-order valence-electron chi connectivity index (χ0n) is 11.3. The molecule has 1 aromatic rings. The van der Waals surface area contributed by atoms with Gasteiger partial charge in [-0.3, -0.25) is 4.79 Å². The number of nitrogens with one attached hydrogen (secondary N) is 1. The van der Waals surface area contributed by atoms with Gasteiger partial charge in [-0.25, -0.2) is 4.79 Å². The van der Waals surface area contributed by atoms with E-state index in [0.29, 0.717) is 13.0 Å². The highest BCUT2D eigenvalue weighted by molar-refractivity contribution is 5.84. The Hall–Kier alpha value is -1.92. The van der Waals surface area contributed by atoms with Gasteiger partial charge in [0.05, 0.1) is 6.42 Å². The molecule has 0 bridgehead atoms. The summed E-state index contributed by atoms with van der Waals surface area (Å²) in [7, 11) is 0. The number of carbonyl (C=O) groups excluding carboxylic acids is 1. The Balaban J connectivity index is 2.53. The Morgan fingerprint density at radius 2 is 1.90 bits per heavy atom. The smallest absolute Gasteiger partial charge is 0.326 e. The first-order chi connectivity index (χ1) is 9.52. The van der Waals surface area contributed by atoms with Crippen molar-refractivity contribution in [1.82, 2.24) is 5.32 Å². The molecule has 0 heterocycles. The van der Waals surface area contributed by atoms with Crippen LogP contribution in [0.1, 0.15) is 18.4 Å². The van der Waals surface area contributed by atoms with E-state index in [2.05, 4.69) is 5.32 Å². The molecule has 0 aliphatic carbocycles. The topological polar surface area (TPSA) is 118 Å². The number of rotatable bonds is 8. The summed E-state index contributed by atoms with van der Waals surface area (Å²) in [5, 5.41) is 11.6. The average molecular weight is 279 g/mol. The number of benzene rings is 1. The van der Waals surface area contributed by atoms with E-state index in [1.165, 1.54) is 0 Å². The van der Waals surface area contributed by atoms with Crippen molar-refractivity contribution >= 4 is 11.9 Å². The molecule has 1 amide bonds. The lowest BCUT2D eigenvalue weighted by atomic mass is 10.0. The number of hydrogen-bond acceptors (Lipinski definition) is 4. The third-order valence-corrected chi connectivity index (χ3v) is 2.92. The molecule has 0 saturated heterocycles. The SMILES string of the molecule is NCCC(N)C[C@H](NC(=O)Cc1ccccc1)C(=O)O. The summed E-state index contributed by atoms with van der Waals surface area (Å²) in [6, 6.07) is 7.83. The van der Waals surface area contributed by atoms with Crippen molar-refractivity contribution < 1.29 is 14.7 Å². The summed E-state index contributed by atoms with van der Waals surface area (Å²) in [5.74, 6) is -1.41. The molecule has 6 N–H and O–H groups in total. The lowest BCUT2D eigenvalue weighted by molar-refractivity contribution is -0.142. The summed E-state index contributed by atoms with van der Waals surface area (Å²) in [6.07, 6.45) is 0.849. The molecule has 20 heavy (non-hydrogen) atoms. The van der Waals surface area contributed by atoms with E-state index < -0.39 is 12.0 Å². The second-order valence-electron chi connectivity index (χ2n) is 4.69. The summed E-state index contributed by atoms with van der Waals surface area (Å²) < 4.78 is 0. The van der Waals surface area contributed by atoms with Gasteiger partial charge in [-0.15, -0.1) is 0 Å². The number of aliphatic carboxylic acids is 1. The van der Waals surface area contributed by atoms with E-state index in [9.17, 15) is 9.59 Å². The fourth-order valence-electron chi connectivity index (χ4n) is 1.88. The van der Waals surface area contributed by atoms with Gasteiger partial charge < -0.3 is 21.9 Å². The summed E-state index contributed by atoms with van der Waals surface area (Å²) >= 11 is 0. The number of carboxylic acid groups (broad SMARTS) is 1. The molecule has 0 aromatic heterocycles. The van der Waals surface area contributed by atoms with Crippen molar-refractivity contribution in [2.24, 2.45) is 11.5 Å². The first-order valence-electron chi connectivity index (χ1n) is 6.54. The van der Waals surface area contributed by atoms with E-state index >= 15 is 0 Å². The van der Waals surface area contributed by atoms with Gasteiger partial charge in [0.2, 0.25) is 5.91 Å². The first kappa shape index (κ1) is 16.1. The van der Waals surface area contributed by atoms with Crippen LogP contribution >= 0.6 is 0 Å². The predicted molar refractivity (Wildman–Crippen MR) is 76.0 cm³/mol. The molecule has 6 heteroatoms. The van der Waals surface area contributed by atoms with Gasteiger partial charge in [0.25, 0.3) is 0 Å². The van der Waals surface area contributed by atoms with E-state index in [0.717, 1.165) is 5.56 Å². The molecule has 0 aliphatic rings. The summed E-state index contributed by atoms with van der Waals surface area (Å²) in [6.45, 7) is 0.394. The van der Waals surface area contributed by atoms with Gasteiger partial charge >= 0.3 is 5.97 Å². The average Bonchev–Trinajstić information content (AvgIpc) is 2.39. The second kappa shape index (κ2) is 8.29. The fourth-order valence-corrected chi connectivity index (χ4v) is 1.88. The summed E-state index contributed by atoms with van der Waals surface area (Å²) in [4.78, 5) is 23.0. The summed E-state index contributed by atoms with van der Waals surface area (Å²) in [5.41, 5.74) is 12.0. The van der Waals surface area contributed by atoms with Crippen molar-refractivity contribution in [3.8, 4) is 0 Å². The Morgan fingerprint density at radius 1 is 1.25 bits per heavy atom. The Labute approximate surface area is 118 Å². The highest BCUT2D eigenvalue weighted by atomic mass is 16.4. The Kier molecular flexibility index (Phi) is 6.69. The molecular formula is C14H21N3O3. The number of amides is 1. The van der Waals surface area contributed by atoms with Crippen LogP contribution in [-0.2, 0) is 16.0 Å². The lowest BCUT2D eigenvalue weighted by Gasteiger charge is -2.18. The molecule has 6 nitrogen and oxygen atoms in total. The highest BCUT2D eigenvalue weighted by Crippen LogP contribution is 2.03. The molecule has 110 valence electrons. The molecule has 1 rings (SSSR count). The van der Waals surface area contributed by atoms with Crippen molar-refractivity contribution in [2.45, 2.75) is 31.3 Å². The largest absolute Gasteiger partial charge is 0.480 e. The maximum Gasteiger partial charge on any atom is 0.326 e. The lowest BCUT2D eigenvalue weighted by Crippen LogP contribution is -2.45. The molecular weight excluding hydrogens is 258 g/mol. The van der Waals surface area contributed by atoms with Crippen LogP contribution in [0.25, 0.3) is 0 Å². The second-order valence-corrected chi connectivity index (χ2v) is 4.69. The minimum absolute atomic E-state index is 0.150. The normalized spacial score (nSPS) is 13.5. The zero-order valence-corrected chi connectivity index (χ0v) is 11.3. The van der Waals surface area contributed by atoms with Gasteiger partial charge in [0.15, 0.2) is 0 Å². The monoisotopic (exact) mass is 279 g/mol. The first-order valence-corrected chi connectivity index (χ1v) is 6.54. The molecule has 1 unspecified atom stereocenters. The van der Waals surface area contributed by atoms with E-state index in [4.69, 9.17) is 16.6 Å². The number of carbonyl (C=O) groups is 2. The van der Waals surface area contributed by atoms with Crippen LogP contribution in [0, 0.1) is 0 Å². The van der Waals surface area contributed by atoms with Crippen molar-refractivity contribution in [3.63, 3.8) is 0 Å². The molecule has 2 atom stereocenters. The Bertz CT molecular complexity index is 437. The van der Waals surface area contributed by atoms with Crippen LogP contribution in [0.15, 0.2) is 30.3 Å². The molecule has 0 radical (unpaired) electrons. The van der Waals surface area contributed by atoms with Crippen LogP contribution in [0.5, 0.6) is 0 Å². The minimum Gasteiger partial charge on any atom is -0.480 e. The Morgan fingerprint density at radius 3 is 2.45 bits per heavy atom. The van der Waals surface area contributed by atoms with Crippen LogP contribution in [-0.4, -0.2) is 35.6 Å².